The molecule has 2 aromatic carbocycles. The Labute approximate surface area is 166 Å². The van der Waals surface area contributed by atoms with E-state index in [-0.39, 0.29) is 23.1 Å². The molecule has 2 heterocycles. The van der Waals surface area contributed by atoms with Crippen LogP contribution in [0.15, 0.2) is 48.8 Å². The number of Topliss-reactive ketones (excluding diaryl/α,β-unsaturated/α-hetero) is 1. The van der Waals surface area contributed by atoms with Gasteiger partial charge in [-0.3, -0.25) is 9.48 Å². The molecule has 29 heavy (non-hydrogen) atoms. The number of ketones is 1. The monoisotopic (exact) mass is 399 g/mol. The number of carbonyl (C=O) groups is 1. The smallest absolute Gasteiger partial charge is 0.169 e. The Morgan fingerprint density at radius 3 is 2.48 bits per heavy atom. The van der Waals surface area contributed by atoms with E-state index < -0.39 is 11.6 Å². The minimum absolute atomic E-state index is 0.0772. The first-order valence-corrected chi connectivity index (χ1v) is 9.46. The molecule has 4 nitrogen and oxygen atoms in total. The van der Waals surface area contributed by atoms with Gasteiger partial charge in [0.2, 0.25) is 0 Å². The van der Waals surface area contributed by atoms with E-state index in [1.165, 1.54) is 12.1 Å². The predicted octanol–water partition coefficient (Wildman–Crippen LogP) is 4.60. The van der Waals surface area contributed by atoms with Crippen LogP contribution in [0.25, 0.3) is 11.1 Å². The number of benzene rings is 2. The van der Waals surface area contributed by atoms with Gasteiger partial charge in [0.15, 0.2) is 5.78 Å². The Balaban J connectivity index is 1.53. The molecule has 0 N–H and O–H groups in total. The summed E-state index contributed by atoms with van der Waals surface area (Å²) < 4.78 is 43.3. The van der Waals surface area contributed by atoms with E-state index >= 15 is 0 Å². The highest BCUT2D eigenvalue weighted by Gasteiger charge is 2.29. The summed E-state index contributed by atoms with van der Waals surface area (Å²) in [4.78, 5) is 14.7. The second-order valence-electron chi connectivity index (χ2n) is 7.29. The van der Waals surface area contributed by atoms with E-state index in [1.54, 1.807) is 30.2 Å². The third-order valence-electron chi connectivity index (χ3n) is 5.39. The van der Waals surface area contributed by atoms with E-state index in [0.29, 0.717) is 37.1 Å². The van der Waals surface area contributed by atoms with Gasteiger partial charge in [0.25, 0.3) is 0 Å². The molecule has 3 aromatic rings. The summed E-state index contributed by atoms with van der Waals surface area (Å²) in [7, 11) is 1.77. The van der Waals surface area contributed by atoms with Crippen molar-refractivity contribution in [2.75, 3.05) is 18.0 Å². The number of aryl methyl sites for hydroxylation is 1. The van der Waals surface area contributed by atoms with Crippen molar-refractivity contribution in [1.29, 1.82) is 0 Å². The highest BCUT2D eigenvalue weighted by Crippen LogP contribution is 2.35. The molecule has 1 aromatic heterocycles. The molecule has 0 atom stereocenters. The van der Waals surface area contributed by atoms with Gasteiger partial charge in [-0.05, 0) is 37.1 Å². The van der Waals surface area contributed by atoms with Gasteiger partial charge in [0, 0.05) is 55.1 Å². The molecule has 0 spiro atoms. The summed E-state index contributed by atoms with van der Waals surface area (Å²) in [5.74, 6) is -2.53. The molecule has 0 aliphatic carbocycles. The van der Waals surface area contributed by atoms with Gasteiger partial charge in [0.05, 0.1) is 11.8 Å². The number of hydrogen-bond acceptors (Lipinski definition) is 3. The Hall–Kier alpha value is -3.09. The van der Waals surface area contributed by atoms with Crippen LogP contribution in [0.3, 0.4) is 0 Å². The standard InChI is InChI=1S/C22H20F3N3O/c1-27-13-15(12-26-27)21-18(24)3-2-4-20(21)28-9-7-14(8-10-28)22(29)17-6-5-16(23)11-19(17)25/h2-6,11-14H,7-10H2,1H3. The van der Waals surface area contributed by atoms with Gasteiger partial charge in [-0.2, -0.15) is 5.10 Å². The molecule has 4 rings (SSSR count). The highest BCUT2D eigenvalue weighted by atomic mass is 19.1. The Kier molecular flexibility index (Phi) is 5.13. The number of halogens is 3. The molecule has 1 aliphatic rings. The minimum Gasteiger partial charge on any atom is -0.371 e. The van der Waals surface area contributed by atoms with Crippen LogP contribution in [0, 0.1) is 23.4 Å². The van der Waals surface area contributed by atoms with Crippen LogP contribution in [0.2, 0.25) is 0 Å². The molecule has 0 radical (unpaired) electrons. The zero-order valence-electron chi connectivity index (χ0n) is 15.9. The lowest BCUT2D eigenvalue weighted by Crippen LogP contribution is -2.37. The van der Waals surface area contributed by atoms with Crippen LogP contribution in [0.5, 0.6) is 0 Å². The zero-order valence-corrected chi connectivity index (χ0v) is 15.9. The first kappa shape index (κ1) is 19.2. The number of aromatic nitrogens is 2. The maximum absolute atomic E-state index is 14.6. The Morgan fingerprint density at radius 2 is 1.83 bits per heavy atom. The van der Waals surface area contributed by atoms with Crippen molar-refractivity contribution < 1.29 is 18.0 Å². The number of anilines is 1. The summed E-state index contributed by atoms with van der Waals surface area (Å²) in [5, 5.41) is 4.13. The number of carbonyl (C=O) groups excluding carboxylic acids is 1. The molecule has 0 saturated carbocycles. The molecule has 150 valence electrons. The molecular weight excluding hydrogens is 379 g/mol. The second kappa shape index (κ2) is 7.73. The summed E-state index contributed by atoms with van der Waals surface area (Å²) in [5.41, 5.74) is 1.84. The van der Waals surface area contributed by atoms with Gasteiger partial charge in [-0.25, -0.2) is 13.2 Å². The maximum atomic E-state index is 14.6. The fraction of sp³-hybridized carbons (Fsp3) is 0.273. The van der Waals surface area contributed by atoms with Crippen molar-refractivity contribution in [2.24, 2.45) is 13.0 Å². The van der Waals surface area contributed by atoms with Gasteiger partial charge < -0.3 is 4.90 Å². The third-order valence-corrected chi connectivity index (χ3v) is 5.39. The average Bonchev–Trinajstić information content (AvgIpc) is 3.13. The third kappa shape index (κ3) is 3.77. The van der Waals surface area contributed by atoms with Crippen LogP contribution in [-0.2, 0) is 7.05 Å². The molecule has 1 aliphatic heterocycles. The van der Waals surface area contributed by atoms with E-state index in [0.717, 1.165) is 17.8 Å². The van der Waals surface area contributed by atoms with E-state index in [1.807, 2.05) is 11.0 Å². The lowest BCUT2D eigenvalue weighted by Gasteiger charge is -2.34. The normalized spacial score (nSPS) is 15.0. The Bertz CT molecular complexity index is 1060. The molecule has 0 unspecified atom stereocenters. The summed E-state index contributed by atoms with van der Waals surface area (Å²) in [6.07, 6.45) is 4.41. The summed E-state index contributed by atoms with van der Waals surface area (Å²) in [6.45, 7) is 1.08. The largest absolute Gasteiger partial charge is 0.371 e. The van der Waals surface area contributed by atoms with Crippen LogP contribution >= 0.6 is 0 Å². The van der Waals surface area contributed by atoms with Crippen LogP contribution in [0.4, 0.5) is 18.9 Å². The molecule has 0 amide bonds. The number of piperidine rings is 1. The van der Waals surface area contributed by atoms with Crippen LogP contribution < -0.4 is 4.90 Å². The van der Waals surface area contributed by atoms with Crippen molar-refractivity contribution in [3.05, 3.63) is 71.8 Å². The van der Waals surface area contributed by atoms with Crippen LogP contribution in [0.1, 0.15) is 23.2 Å². The topological polar surface area (TPSA) is 38.1 Å². The van der Waals surface area contributed by atoms with Crippen molar-refractivity contribution in [3.63, 3.8) is 0 Å². The minimum atomic E-state index is -0.832. The lowest BCUT2D eigenvalue weighted by atomic mass is 9.88. The van der Waals surface area contributed by atoms with E-state index in [4.69, 9.17) is 0 Å². The van der Waals surface area contributed by atoms with E-state index in [2.05, 4.69) is 5.10 Å². The van der Waals surface area contributed by atoms with Gasteiger partial charge in [-0.15, -0.1) is 0 Å². The van der Waals surface area contributed by atoms with E-state index in [9.17, 15) is 18.0 Å². The predicted molar refractivity (Wildman–Crippen MR) is 104 cm³/mol. The lowest BCUT2D eigenvalue weighted by molar-refractivity contribution is 0.0896. The van der Waals surface area contributed by atoms with Crippen molar-refractivity contribution in [2.45, 2.75) is 12.8 Å². The summed E-state index contributed by atoms with van der Waals surface area (Å²) >= 11 is 0. The average molecular weight is 399 g/mol. The first-order chi connectivity index (χ1) is 13.9. The molecule has 0 bridgehead atoms. The fourth-order valence-electron chi connectivity index (χ4n) is 3.90. The SMILES string of the molecule is Cn1cc(-c2c(F)cccc2N2CCC(C(=O)c3ccc(F)cc3F)CC2)cn1. The van der Waals surface area contributed by atoms with Crippen LogP contribution in [-0.4, -0.2) is 28.7 Å². The number of hydrogen-bond donors (Lipinski definition) is 0. The first-order valence-electron chi connectivity index (χ1n) is 9.46. The Morgan fingerprint density at radius 1 is 1.07 bits per heavy atom. The quantitative estimate of drug-likeness (QED) is 0.602. The summed E-state index contributed by atoms with van der Waals surface area (Å²) in [6, 6.07) is 7.96. The number of nitrogens with zero attached hydrogens (tertiary/aromatic N) is 3. The number of rotatable bonds is 4. The van der Waals surface area contributed by atoms with Crippen molar-refractivity contribution >= 4 is 11.5 Å². The van der Waals surface area contributed by atoms with Gasteiger partial charge >= 0.3 is 0 Å². The highest BCUT2D eigenvalue weighted by molar-refractivity contribution is 5.98. The van der Waals surface area contributed by atoms with Gasteiger partial charge in [-0.1, -0.05) is 6.07 Å². The second-order valence-corrected chi connectivity index (χ2v) is 7.29. The molecule has 1 fully saturated rings. The molecule has 1 saturated heterocycles. The molecule has 7 heteroatoms. The fourth-order valence-corrected chi connectivity index (χ4v) is 3.90. The maximum Gasteiger partial charge on any atom is 0.169 e. The molecular formula is C22H20F3N3O. The van der Waals surface area contributed by atoms with Gasteiger partial charge in [0.1, 0.15) is 17.5 Å². The van der Waals surface area contributed by atoms with Crippen molar-refractivity contribution in [3.8, 4) is 11.1 Å². The van der Waals surface area contributed by atoms with Crippen molar-refractivity contribution in [1.82, 2.24) is 9.78 Å². The zero-order chi connectivity index (χ0) is 20.5.